The molecular formula is C21H35N3O. The van der Waals surface area contributed by atoms with Crippen LogP contribution in [0.3, 0.4) is 0 Å². The van der Waals surface area contributed by atoms with Gasteiger partial charge < -0.3 is 10.2 Å². The van der Waals surface area contributed by atoms with Gasteiger partial charge in [-0.1, -0.05) is 31.5 Å². The molecule has 1 aromatic rings. The van der Waals surface area contributed by atoms with Gasteiger partial charge in [-0.15, -0.1) is 0 Å². The number of likely N-dealkylation sites (N-methyl/N-ethyl adjacent to an activating group) is 1. The summed E-state index contributed by atoms with van der Waals surface area (Å²) in [4.78, 5) is 17.4. The van der Waals surface area contributed by atoms with Crippen molar-refractivity contribution < 1.29 is 4.79 Å². The highest BCUT2D eigenvalue weighted by atomic mass is 16.1. The number of hydrogen-bond acceptors (Lipinski definition) is 3. The maximum atomic E-state index is 12.5. The second kappa shape index (κ2) is 8.81. The van der Waals surface area contributed by atoms with Crippen molar-refractivity contribution >= 4 is 5.91 Å². The maximum Gasteiger partial charge on any atom is 0.224 e. The molecule has 0 saturated carbocycles. The summed E-state index contributed by atoms with van der Waals surface area (Å²) in [5, 5.41) is 3.20. The van der Waals surface area contributed by atoms with E-state index in [1.54, 1.807) is 0 Å². The fourth-order valence-electron chi connectivity index (χ4n) is 3.87. The van der Waals surface area contributed by atoms with Crippen molar-refractivity contribution in [1.82, 2.24) is 15.1 Å². The predicted octanol–water partition coefficient (Wildman–Crippen LogP) is 2.54. The summed E-state index contributed by atoms with van der Waals surface area (Å²) >= 11 is 0. The van der Waals surface area contributed by atoms with E-state index in [-0.39, 0.29) is 5.91 Å². The molecule has 1 aromatic carbocycles. The molecule has 0 aromatic heterocycles. The average molecular weight is 346 g/mol. The Hall–Kier alpha value is -1.39. The molecule has 25 heavy (non-hydrogen) atoms. The molecule has 1 N–H and O–H groups in total. The Kier molecular flexibility index (Phi) is 7.03. The van der Waals surface area contributed by atoms with Crippen LogP contribution < -0.4 is 5.32 Å². The van der Waals surface area contributed by atoms with E-state index < -0.39 is 0 Å². The Morgan fingerprint density at radius 2 is 1.64 bits per heavy atom. The van der Waals surface area contributed by atoms with Gasteiger partial charge in [-0.3, -0.25) is 9.69 Å². The minimum absolute atomic E-state index is 0.134. The van der Waals surface area contributed by atoms with Crippen molar-refractivity contribution in [2.24, 2.45) is 5.92 Å². The van der Waals surface area contributed by atoms with E-state index >= 15 is 0 Å². The van der Waals surface area contributed by atoms with Crippen LogP contribution in [0.2, 0.25) is 0 Å². The summed E-state index contributed by atoms with van der Waals surface area (Å²) in [5.74, 6) is 0.668. The topological polar surface area (TPSA) is 35.6 Å². The van der Waals surface area contributed by atoms with Gasteiger partial charge in [0.05, 0.1) is 6.42 Å². The minimum Gasteiger partial charge on any atom is -0.354 e. The second-order valence-electron chi connectivity index (χ2n) is 8.01. The summed E-state index contributed by atoms with van der Waals surface area (Å²) < 4.78 is 0. The average Bonchev–Trinajstić information content (AvgIpc) is 2.52. The number of piperazine rings is 1. The number of nitrogens with zero attached hydrogens (tertiary/aromatic N) is 2. The molecule has 1 aliphatic heterocycles. The van der Waals surface area contributed by atoms with Crippen LogP contribution in [0, 0.1) is 26.7 Å². The van der Waals surface area contributed by atoms with Gasteiger partial charge in [0.15, 0.2) is 0 Å². The first-order chi connectivity index (χ1) is 11.8. The zero-order valence-electron chi connectivity index (χ0n) is 16.9. The number of carbonyl (C=O) groups is 1. The Morgan fingerprint density at radius 3 is 2.16 bits per heavy atom. The predicted molar refractivity (Wildman–Crippen MR) is 105 cm³/mol. The van der Waals surface area contributed by atoms with Gasteiger partial charge in [-0.05, 0) is 50.4 Å². The largest absolute Gasteiger partial charge is 0.354 e. The van der Waals surface area contributed by atoms with Crippen LogP contribution in [-0.4, -0.2) is 61.5 Å². The third-order valence-corrected chi connectivity index (χ3v) is 5.46. The van der Waals surface area contributed by atoms with Crippen molar-refractivity contribution in [3.63, 3.8) is 0 Å². The molecule has 1 heterocycles. The van der Waals surface area contributed by atoms with Crippen molar-refractivity contribution in [3.8, 4) is 0 Å². The summed E-state index contributed by atoms with van der Waals surface area (Å²) in [6.07, 6.45) is 0.478. The summed E-state index contributed by atoms with van der Waals surface area (Å²) in [6.45, 7) is 16.0. The zero-order valence-corrected chi connectivity index (χ0v) is 16.9. The first kappa shape index (κ1) is 19.9. The molecular weight excluding hydrogens is 310 g/mol. The van der Waals surface area contributed by atoms with Crippen LogP contribution in [0.5, 0.6) is 0 Å². The van der Waals surface area contributed by atoms with Crippen molar-refractivity contribution in [3.05, 3.63) is 34.4 Å². The summed E-state index contributed by atoms with van der Waals surface area (Å²) in [5.41, 5.74) is 4.86. The number of rotatable bonds is 6. The number of aryl methyl sites for hydroxylation is 3. The molecule has 2 rings (SSSR count). The van der Waals surface area contributed by atoms with Gasteiger partial charge in [0.1, 0.15) is 0 Å². The lowest BCUT2D eigenvalue weighted by Gasteiger charge is -2.40. The van der Waals surface area contributed by atoms with Crippen molar-refractivity contribution in [2.75, 3.05) is 39.8 Å². The van der Waals surface area contributed by atoms with Gasteiger partial charge in [0.2, 0.25) is 5.91 Å². The van der Waals surface area contributed by atoms with Crippen molar-refractivity contribution in [2.45, 2.75) is 47.1 Å². The van der Waals surface area contributed by atoms with Gasteiger partial charge in [-0.2, -0.15) is 0 Å². The molecule has 0 radical (unpaired) electrons. The maximum absolute atomic E-state index is 12.5. The Balaban J connectivity index is 1.93. The molecule has 140 valence electrons. The zero-order chi connectivity index (χ0) is 18.6. The van der Waals surface area contributed by atoms with Gasteiger partial charge >= 0.3 is 0 Å². The van der Waals surface area contributed by atoms with E-state index in [0.717, 1.165) is 32.7 Å². The number of nitrogens with one attached hydrogen (secondary N) is 1. The molecule has 0 aliphatic carbocycles. The molecule has 1 unspecified atom stereocenters. The van der Waals surface area contributed by atoms with E-state index in [9.17, 15) is 4.79 Å². The second-order valence-corrected chi connectivity index (χ2v) is 8.01. The molecule has 4 heteroatoms. The van der Waals surface area contributed by atoms with Crippen LogP contribution in [0.1, 0.15) is 36.1 Å². The van der Waals surface area contributed by atoms with Crippen LogP contribution in [0.15, 0.2) is 12.1 Å². The quantitative estimate of drug-likeness (QED) is 0.861. The monoisotopic (exact) mass is 345 g/mol. The highest BCUT2D eigenvalue weighted by Crippen LogP contribution is 2.17. The van der Waals surface area contributed by atoms with E-state index in [2.05, 4.69) is 68.9 Å². The Morgan fingerprint density at radius 1 is 1.08 bits per heavy atom. The third-order valence-electron chi connectivity index (χ3n) is 5.46. The molecule has 4 nitrogen and oxygen atoms in total. The van der Waals surface area contributed by atoms with E-state index in [1.165, 1.54) is 22.3 Å². The van der Waals surface area contributed by atoms with E-state index in [0.29, 0.717) is 18.4 Å². The molecule has 1 atom stereocenters. The summed E-state index contributed by atoms with van der Waals surface area (Å²) in [6, 6.07) is 4.74. The van der Waals surface area contributed by atoms with E-state index in [4.69, 9.17) is 0 Å². The fraction of sp³-hybridized carbons (Fsp3) is 0.667. The molecule has 0 bridgehead atoms. The lowest BCUT2D eigenvalue weighted by Crippen LogP contribution is -2.54. The molecule has 1 fully saturated rings. The Bertz CT molecular complexity index is 566. The standard InChI is InChI=1S/C21H35N3O/c1-15(2)20(24-9-7-23(6)8-10-24)14-22-21(25)13-19-17(4)11-16(3)12-18(19)5/h11-12,15,20H,7-10,13-14H2,1-6H3,(H,22,25). The lowest BCUT2D eigenvalue weighted by atomic mass is 9.97. The summed E-state index contributed by atoms with van der Waals surface area (Å²) in [7, 11) is 2.18. The lowest BCUT2D eigenvalue weighted by molar-refractivity contribution is -0.120. The molecule has 1 amide bonds. The highest BCUT2D eigenvalue weighted by molar-refractivity contribution is 5.79. The number of benzene rings is 1. The van der Waals surface area contributed by atoms with Crippen LogP contribution in [0.4, 0.5) is 0 Å². The van der Waals surface area contributed by atoms with Crippen LogP contribution in [0.25, 0.3) is 0 Å². The first-order valence-corrected chi connectivity index (χ1v) is 9.54. The molecule has 1 saturated heterocycles. The highest BCUT2D eigenvalue weighted by Gasteiger charge is 2.25. The van der Waals surface area contributed by atoms with Crippen LogP contribution >= 0.6 is 0 Å². The number of amides is 1. The first-order valence-electron chi connectivity index (χ1n) is 9.54. The molecule has 1 aliphatic rings. The normalized spacial score (nSPS) is 17.7. The smallest absolute Gasteiger partial charge is 0.224 e. The van der Waals surface area contributed by atoms with Crippen LogP contribution in [-0.2, 0) is 11.2 Å². The number of carbonyl (C=O) groups excluding carboxylic acids is 1. The SMILES string of the molecule is Cc1cc(C)c(CC(=O)NCC(C(C)C)N2CCN(C)CC2)c(C)c1. The van der Waals surface area contributed by atoms with Gasteiger partial charge in [0.25, 0.3) is 0 Å². The van der Waals surface area contributed by atoms with Gasteiger partial charge in [0, 0.05) is 38.8 Å². The molecule has 0 spiro atoms. The number of hydrogen-bond donors (Lipinski definition) is 1. The van der Waals surface area contributed by atoms with Gasteiger partial charge in [-0.25, -0.2) is 0 Å². The van der Waals surface area contributed by atoms with Crippen molar-refractivity contribution in [1.29, 1.82) is 0 Å². The Labute approximate surface area is 153 Å². The fourth-order valence-corrected chi connectivity index (χ4v) is 3.87. The third kappa shape index (κ3) is 5.55. The minimum atomic E-state index is 0.134. The van der Waals surface area contributed by atoms with E-state index in [1.807, 2.05) is 0 Å².